The molecule has 0 radical (unpaired) electrons. The van der Waals surface area contributed by atoms with Crippen molar-refractivity contribution in [2.75, 3.05) is 20.6 Å². The Hall–Kier alpha value is -1.07. The summed E-state index contributed by atoms with van der Waals surface area (Å²) in [7, 11) is 3.47. The lowest BCUT2D eigenvalue weighted by atomic mass is 10.1. The summed E-state index contributed by atoms with van der Waals surface area (Å²) in [5.41, 5.74) is 2.09. The summed E-state index contributed by atoms with van der Waals surface area (Å²) in [4.78, 5) is 13.5. The van der Waals surface area contributed by atoms with Crippen molar-refractivity contribution in [3.63, 3.8) is 0 Å². The van der Waals surface area contributed by atoms with E-state index in [1.807, 2.05) is 19.1 Å². The van der Waals surface area contributed by atoms with E-state index in [9.17, 15) is 4.79 Å². The molecule has 1 atom stereocenters. The number of rotatable bonds is 7. The Kier molecular flexibility index (Phi) is 7.18. The fourth-order valence-electron chi connectivity index (χ4n) is 2.09. The molecule has 1 rings (SSSR count). The third-order valence-corrected chi connectivity index (χ3v) is 3.60. The summed E-state index contributed by atoms with van der Waals surface area (Å²) in [6.07, 6.45) is 0.586. The Labute approximate surface area is 136 Å². The van der Waals surface area contributed by atoms with Gasteiger partial charge in [0.2, 0.25) is 0 Å². The van der Waals surface area contributed by atoms with Crippen molar-refractivity contribution in [2.24, 2.45) is 0 Å². The van der Waals surface area contributed by atoms with E-state index in [0.29, 0.717) is 0 Å². The summed E-state index contributed by atoms with van der Waals surface area (Å²) < 4.78 is 6.95. The second-order valence-corrected chi connectivity index (χ2v) is 6.30. The molecule has 5 heteroatoms. The van der Waals surface area contributed by atoms with Crippen LogP contribution in [0.5, 0.6) is 5.75 Å². The van der Waals surface area contributed by atoms with Gasteiger partial charge >= 0.3 is 0 Å². The van der Waals surface area contributed by atoms with Crippen LogP contribution in [0, 0.1) is 6.92 Å². The lowest BCUT2D eigenvalue weighted by Crippen LogP contribution is -2.35. The molecular weight excluding hydrogens is 332 g/mol. The van der Waals surface area contributed by atoms with Crippen molar-refractivity contribution >= 4 is 21.8 Å². The van der Waals surface area contributed by atoms with E-state index in [0.717, 1.165) is 40.9 Å². The molecule has 1 N–H and O–H groups in total. The van der Waals surface area contributed by atoms with Crippen LogP contribution in [0.2, 0.25) is 0 Å². The number of hydrogen-bond donors (Lipinski definition) is 1. The van der Waals surface area contributed by atoms with Crippen molar-refractivity contribution in [3.8, 4) is 5.75 Å². The molecule has 0 bridgehead atoms. The number of carbonyl (C=O) groups is 1. The van der Waals surface area contributed by atoms with Crippen LogP contribution < -0.4 is 10.1 Å². The Morgan fingerprint density at radius 3 is 2.67 bits per heavy atom. The van der Waals surface area contributed by atoms with E-state index >= 15 is 0 Å². The Morgan fingerprint density at radius 1 is 1.43 bits per heavy atom. The van der Waals surface area contributed by atoms with E-state index in [-0.39, 0.29) is 5.91 Å². The van der Waals surface area contributed by atoms with Crippen molar-refractivity contribution in [1.29, 1.82) is 0 Å². The first-order valence-corrected chi connectivity index (χ1v) is 8.03. The quantitative estimate of drug-likeness (QED) is 0.763. The molecule has 1 aromatic carbocycles. The lowest BCUT2D eigenvalue weighted by Gasteiger charge is -2.22. The minimum absolute atomic E-state index is 0.0372. The van der Waals surface area contributed by atoms with Crippen LogP contribution in [0.4, 0.5) is 0 Å². The van der Waals surface area contributed by atoms with Crippen molar-refractivity contribution < 1.29 is 9.53 Å². The summed E-state index contributed by atoms with van der Waals surface area (Å²) in [5, 5.41) is 3.38. The smallest absolute Gasteiger partial charge is 0.262 e. The van der Waals surface area contributed by atoms with Crippen LogP contribution in [0.3, 0.4) is 0 Å². The van der Waals surface area contributed by atoms with Crippen molar-refractivity contribution in [3.05, 3.63) is 27.7 Å². The fourth-order valence-corrected chi connectivity index (χ4v) is 2.71. The van der Waals surface area contributed by atoms with Gasteiger partial charge in [-0.3, -0.25) is 4.79 Å². The number of halogens is 1. The Bertz CT molecular complexity index is 489. The first-order chi connectivity index (χ1) is 9.86. The molecule has 0 aromatic heterocycles. The van der Waals surface area contributed by atoms with Crippen LogP contribution in [-0.2, 0) is 11.3 Å². The number of likely N-dealkylation sites (N-methyl/N-ethyl adjacent to an activating group) is 1. The molecule has 1 amide bonds. The molecule has 21 heavy (non-hydrogen) atoms. The van der Waals surface area contributed by atoms with Gasteiger partial charge in [0.1, 0.15) is 5.75 Å². The highest BCUT2D eigenvalue weighted by Crippen LogP contribution is 2.29. The molecule has 0 fully saturated rings. The van der Waals surface area contributed by atoms with Crippen LogP contribution in [-0.4, -0.2) is 37.6 Å². The normalized spacial score (nSPS) is 12.1. The molecule has 118 valence electrons. The van der Waals surface area contributed by atoms with Gasteiger partial charge in [-0.15, -0.1) is 0 Å². The second kappa shape index (κ2) is 8.39. The van der Waals surface area contributed by atoms with Crippen LogP contribution in [0.25, 0.3) is 0 Å². The zero-order valence-electron chi connectivity index (χ0n) is 13.5. The van der Waals surface area contributed by atoms with Gasteiger partial charge in [-0.05, 0) is 44.5 Å². The van der Waals surface area contributed by atoms with Gasteiger partial charge in [-0.25, -0.2) is 0 Å². The van der Waals surface area contributed by atoms with Crippen LogP contribution in [0.1, 0.15) is 31.4 Å². The third-order valence-electron chi connectivity index (χ3n) is 3.14. The molecule has 1 aromatic rings. The van der Waals surface area contributed by atoms with E-state index in [1.54, 1.807) is 25.9 Å². The van der Waals surface area contributed by atoms with Gasteiger partial charge in [-0.2, -0.15) is 0 Å². The average molecular weight is 357 g/mol. The number of hydrogen-bond acceptors (Lipinski definition) is 3. The van der Waals surface area contributed by atoms with Gasteiger partial charge in [-0.1, -0.05) is 22.9 Å². The van der Waals surface area contributed by atoms with Gasteiger partial charge in [0.25, 0.3) is 5.91 Å². The molecular formula is C16H25BrN2O2. The Morgan fingerprint density at radius 2 is 2.10 bits per heavy atom. The highest BCUT2D eigenvalue weighted by Gasteiger charge is 2.19. The first-order valence-electron chi connectivity index (χ1n) is 7.24. The highest BCUT2D eigenvalue weighted by molar-refractivity contribution is 9.10. The number of nitrogens with one attached hydrogen (secondary N) is 1. The monoisotopic (exact) mass is 356 g/mol. The van der Waals surface area contributed by atoms with Gasteiger partial charge in [0.15, 0.2) is 6.10 Å². The number of aryl methyl sites for hydroxylation is 1. The van der Waals surface area contributed by atoms with E-state index in [2.05, 4.69) is 28.2 Å². The van der Waals surface area contributed by atoms with Crippen LogP contribution >= 0.6 is 15.9 Å². The maximum absolute atomic E-state index is 12.0. The molecule has 0 aliphatic carbocycles. The minimum atomic E-state index is -0.496. The number of ether oxygens (including phenoxy) is 1. The van der Waals surface area contributed by atoms with Crippen molar-refractivity contribution in [2.45, 2.75) is 39.8 Å². The van der Waals surface area contributed by atoms with Gasteiger partial charge in [0, 0.05) is 30.7 Å². The highest BCUT2D eigenvalue weighted by atomic mass is 79.9. The van der Waals surface area contributed by atoms with E-state index in [4.69, 9.17) is 4.74 Å². The topological polar surface area (TPSA) is 41.6 Å². The maximum Gasteiger partial charge on any atom is 0.262 e. The molecule has 4 nitrogen and oxygen atoms in total. The molecule has 0 spiro atoms. The number of amides is 1. The number of nitrogens with zero attached hydrogens (tertiary/aromatic N) is 1. The van der Waals surface area contributed by atoms with Crippen molar-refractivity contribution in [1.82, 2.24) is 10.2 Å². The van der Waals surface area contributed by atoms with Crippen LogP contribution in [0.15, 0.2) is 16.6 Å². The predicted molar refractivity (Wildman–Crippen MR) is 89.7 cm³/mol. The molecule has 0 heterocycles. The largest absolute Gasteiger partial charge is 0.480 e. The third kappa shape index (κ3) is 5.32. The zero-order valence-corrected chi connectivity index (χ0v) is 15.1. The van der Waals surface area contributed by atoms with E-state index in [1.165, 1.54) is 0 Å². The Balaban J connectivity index is 2.95. The zero-order chi connectivity index (χ0) is 16.0. The molecule has 0 saturated heterocycles. The summed E-state index contributed by atoms with van der Waals surface area (Å²) in [6, 6.07) is 4.04. The summed E-state index contributed by atoms with van der Waals surface area (Å²) >= 11 is 3.52. The first kappa shape index (κ1) is 18.0. The maximum atomic E-state index is 12.0. The molecule has 1 unspecified atom stereocenters. The standard InChI is InChI=1S/C16H25BrN2O2/c1-6-7-18-10-13-9-14(17)8-11(2)15(13)21-12(3)16(20)19(4)5/h8-9,12,18H,6-7,10H2,1-5H3. The summed E-state index contributed by atoms with van der Waals surface area (Å²) in [5.74, 6) is 0.759. The van der Waals surface area contributed by atoms with Gasteiger partial charge < -0.3 is 15.0 Å². The fraction of sp³-hybridized carbons (Fsp3) is 0.562. The molecule has 0 aliphatic heterocycles. The van der Waals surface area contributed by atoms with E-state index < -0.39 is 6.10 Å². The molecule has 0 saturated carbocycles. The summed E-state index contributed by atoms with van der Waals surface area (Å²) in [6.45, 7) is 7.60. The van der Waals surface area contributed by atoms with Gasteiger partial charge in [0.05, 0.1) is 0 Å². The minimum Gasteiger partial charge on any atom is -0.480 e. The lowest BCUT2D eigenvalue weighted by molar-refractivity contribution is -0.135. The predicted octanol–water partition coefficient (Wildman–Crippen LogP) is 3.11. The SMILES string of the molecule is CCCNCc1cc(Br)cc(C)c1OC(C)C(=O)N(C)C. The average Bonchev–Trinajstić information content (AvgIpc) is 2.41. The second-order valence-electron chi connectivity index (χ2n) is 5.38. The number of benzene rings is 1. The molecule has 0 aliphatic rings. The number of carbonyl (C=O) groups excluding carboxylic acids is 1.